The molecular weight excluding hydrogens is 349 g/mol. The molecule has 6 nitrogen and oxygen atoms in total. The molecule has 1 unspecified atom stereocenters. The zero-order chi connectivity index (χ0) is 19.5. The predicted octanol–water partition coefficient (Wildman–Crippen LogP) is 2.34. The summed E-state index contributed by atoms with van der Waals surface area (Å²) in [4.78, 5) is 6.78. The number of aliphatic hydroxyl groups excluding tert-OH is 1. The van der Waals surface area contributed by atoms with Crippen molar-refractivity contribution in [3.63, 3.8) is 0 Å². The second-order valence-electron chi connectivity index (χ2n) is 6.67. The molecule has 0 amide bonds. The van der Waals surface area contributed by atoms with Gasteiger partial charge in [0, 0.05) is 40.0 Å². The Morgan fingerprint density at radius 1 is 1.30 bits per heavy atom. The van der Waals surface area contributed by atoms with E-state index in [1.807, 2.05) is 6.92 Å². The topological polar surface area (TPSA) is 66.3 Å². The van der Waals surface area contributed by atoms with Crippen molar-refractivity contribution < 1.29 is 19.0 Å². The van der Waals surface area contributed by atoms with Gasteiger partial charge in [-0.25, -0.2) is 4.39 Å². The lowest BCUT2D eigenvalue weighted by Gasteiger charge is -2.34. The van der Waals surface area contributed by atoms with E-state index in [0.29, 0.717) is 5.56 Å². The van der Waals surface area contributed by atoms with Gasteiger partial charge in [0.15, 0.2) is 5.96 Å². The Morgan fingerprint density at radius 2 is 2.00 bits per heavy atom. The molecule has 1 aromatic rings. The zero-order valence-electron chi connectivity index (χ0n) is 16.4. The van der Waals surface area contributed by atoms with Gasteiger partial charge in [-0.15, -0.1) is 0 Å². The molecule has 1 heterocycles. The fourth-order valence-electron chi connectivity index (χ4n) is 3.08. The number of rotatable bonds is 9. The molecule has 0 radical (unpaired) electrons. The molecule has 2 N–H and O–H groups in total. The average molecular weight is 381 g/mol. The van der Waals surface area contributed by atoms with Crippen molar-refractivity contribution in [2.45, 2.75) is 38.4 Å². The molecule has 1 aliphatic rings. The van der Waals surface area contributed by atoms with Crippen LogP contribution in [0.1, 0.15) is 37.9 Å². The van der Waals surface area contributed by atoms with E-state index in [1.165, 1.54) is 12.1 Å². The number of nitrogens with one attached hydrogen (secondary N) is 1. The molecule has 7 heteroatoms. The monoisotopic (exact) mass is 381 g/mol. The standard InChI is InChI=1S/C20H32FN3O3/c1-3-22-20(23-15-19(25)16-5-7-17(21)8-6-16)24-11-9-18(10-12-24)27-14-4-13-26-2/h5-8,18-19,25H,3-4,9-15H2,1-2H3,(H,22,23). The highest BCUT2D eigenvalue weighted by molar-refractivity contribution is 5.80. The second-order valence-corrected chi connectivity index (χ2v) is 6.67. The molecule has 2 rings (SSSR count). The van der Waals surface area contributed by atoms with Crippen LogP contribution in [0.25, 0.3) is 0 Å². The Bertz CT molecular complexity index is 560. The van der Waals surface area contributed by atoms with Crippen LogP contribution >= 0.6 is 0 Å². The molecule has 0 aromatic heterocycles. The Balaban J connectivity index is 1.83. The Morgan fingerprint density at radius 3 is 2.63 bits per heavy atom. The minimum atomic E-state index is -0.749. The van der Waals surface area contributed by atoms with Crippen molar-refractivity contribution in [2.24, 2.45) is 4.99 Å². The highest BCUT2D eigenvalue weighted by Gasteiger charge is 2.22. The third-order valence-corrected chi connectivity index (χ3v) is 4.59. The molecule has 1 fully saturated rings. The maximum absolute atomic E-state index is 13.0. The number of piperidine rings is 1. The number of benzene rings is 1. The van der Waals surface area contributed by atoms with Crippen molar-refractivity contribution in [3.8, 4) is 0 Å². The maximum Gasteiger partial charge on any atom is 0.194 e. The third-order valence-electron chi connectivity index (χ3n) is 4.59. The number of likely N-dealkylation sites (tertiary alicyclic amines) is 1. The van der Waals surface area contributed by atoms with E-state index >= 15 is 0 Å². The minimum Gasteiger partial charge on any atom is -0.386 e. The molecule has 152 valence electrons. The van der Waals surface area contributed by atoms with Crippen LogP contribution < -0.4 is 5.32 Å². The van der Waals surface area contributed by atoms with Crippen LogP contribution in [0.15, 0.2) is 29.3 Å². The van der Waals surface area contributed by atoms with Gasteiger partial charge in [0.2, 0.25) is 0 Å². The van der Waals surface area contributed by atoms with Gasteiger partial charge < -0.3 is 24.8 Å². The lowest BCUT2D eigenvalue weighted by atomic mass is 10.1. The number of nitrogens with zero attached hydrogens (tertiary/aromatic N) is 2. The Hall–Kier alpha value is -1.70. The summed E-state index contributed by atoms with van der Waals surface area (Å²) in [7, 11) is 1.70. The lowest BCUT2D eigenvalue weighted by molar-refractivity contribution is 0.00986. The van der Waals surface area contributed by atoms with E-state index < -0.39 is 6.10 Å². The molecule has 0 aliphatic carbocycles. The molecule has 1 atom stereocenters. The van der Waals surface area contributed by atoms with Gasteiger partial charge in [-0.3, -0.25) is 4.99 Å². The van der Waals surface area contributed by atoms with Crippen LogP contribution in [0, 0.1) is 5.82 Å². The summed E-state index contributed by atoms with van der Waals surface area (Å²) >= 11 is 0. The number of hydrogen-bond donors (Lipinski definition) is 2. The Labute approximate surface area is 161 Å². The maximum atomic E-state index is 13.0. The molecule has 0 bridgehead atoms. The first-order valence-electron chi connectivity index (χ1n) is 9.71. The summed E-state index contributed by atoms with van der Waals surface area (Å²) in [6, 6.07) is 5.89. The summed E-state index contributed by atoms with van der Waals surface area (Å²) in [5.41, 5.74) is 0.666. The first-order chi connectivity index (χ1) is 13.1. The number of ether oxygens (including phenoxy) is 2. The SMILES string of the molecule is CCNC(=NCC(O)c1ccc(F)cc1)N1CCC(OCCCOC)CC1. The highest BCUT2D eigenvalue weighted by atomic mass is 19.1. The van der Waals surface area contributed by atoms with Crippen LogP contribution in [0.3, 0.4) is 0 Å². The number of halogens is 1. The van der Waals surface area contributed by atoms with Gasteiger partial charge in [-0.05, 0) is 43.9 Å². The quantitative estimate of drug-likeness (QED) is 0.390. The molecule has 1 saturated heterocycles. The van der Waals surface area contributed by atoms with Crippen LogP contribution in [0.2, 0.25) is 0 Å². The number of hydrogen-bond acceptors (Lipinski definition) is 4. The fraction of sp³-hybridized carbons (Fsp3) is 0.650. The highest BCUT2D eigenvalue weighted by Crippen LogP contribution is 2.16. The van der Waals surface area contributed by atoms with Crippen LogP contribution in [-0.2, 0) is 9.47 Å². The zero-order valence-corrected chi connectivity index (χ0v) is 16.4. The van der Waals surface area contributed by atoms with Gasteiger partial charge in [0.05, 0.1) is 18.8 Å². The largest absolute Gasteiger partial charge is 0.386 e. The van der Waals surface area contributed by atoms with Crippen LogP contribution in [0.5, 0.6) is 0 Å². The average Bonchev–Trinajstić information content (AvgIpc) is 2.69. The van der Waals surface area contributed by atoms with E-state index in [9.17, 15) is 9.50 Å². The van der Waals surface area contributed by atoms with E-state index in [1.54, 1.807) is 19.2 Å². The van der Waals surface area contributed by atoms with Gasteiger partial charge >= 0.3 is 0 Å². The summed E-state index contributed by atoms with van der Waals surface area (Å²) in [5.74, 6) is 0.492. The van der Waals surface area contributed by atoms with Gasteiger partial charge in [0.1, 0.15) is 5.82 Å². The first kappa shape index (κ1) is 21.6. The van der Waals surface area contributed by atoms with Crippen molar-refractivity contribution in [3.05, 3.63) is 35.6 Å². The van der Waals surface area contributed by atoms with Crippen molar-refractivity contribution in [1.29, 1.82) is 0 Å². The van der Waals surface area contributed by atoms with Gasteiger partial charge in [-0.2, -0.15) is 0 Å². The van der Waals surface area contributed by atoms with E-state index in [4.69, 9.17) is 9.47 Å². The number of methoxy groups -OCH3 is 1. The Kier molecular flexibility index (Phi) is 9.52. The summed E-state index contributed by atoms with van der Waals surface area (Å²) < 4.78 is 24.0. The number of aliphatic hydroxyl groups is 1. The summed E-state index contributed by atoms with van der Waals surface area (Å²) in [6.45, 7) is 6.22. The molecule has 27 heavy (non-hydrogen) atoms. The van der Waals surface area contributed by atoms with Gasteiger partial charge in [-0.1, -0.05) is 12.1 Å². The van der Waals surface area contributed by atoms with Crippen LogP contribution in [-0.4, -0.2) is 68.6 Å². The molecule has 0 spiro atoms. The van der Waals surface area contributed by atoms with E-state index in [-0.39, 0.29) is 18.5 Å². The number of guanidine groups is 1. The van der Waals surface area contributed by atoms with Crippen LogP contribution in [0.4, 0.5) is 4.39 Å². The van der Waals surface area contributed by atoms with Gasteiger partial charge in [0.25, 0.3) is 0 Å². The second kappa shape index (κ2) is 11.9. The minimum absolute atomic E-state index is 0.238. The molecular formula is C20H32FN3O3. The number of aliphatic imine (C=N–C) groups is 1. The summed E-state index contributed by atoms with van der Waals surface area (Å²) in [5, 5.41) is 13.6. The molecule has 0 saturated carbocycles. The van der Waals surface area contributed by atoms with Crippen molar-refractivity contribution >= 4 is 5.96 Å². The smallest absolute Gasteiger partial charge is 0.194 e. The fourth-order valence-corrected chi connectivity index (χ4v) is 3.08. The lowest BCUT2D eigenvalue weighted by Crippen LogP contribution is -2.47. The third kappa shape index (κ3) is 7.44. The summed E-state index contributed by atoms with van der Waals surface area (Å²) in [6.07, 6.45) is 2.37. The normalized spacial score (nSPS) is 17.2. The van der Waals surface area contributed by atoms with Crippen molar-refractivity contribution in [2.75, 3.05) is 46.5 Å². The van der Waals surface area contributed by atoms with Crippen molar-refractivity contribution in [1.82, 2.24) is 10.2 Å². The first-order valence-corrected chi connectivity index (χ1v) is 9.71. The van der Waals surface area contributed by atoms with E-state index in [2.05, 4.69) is 15.2 Å². The van der Waals surface area contributed by atoms with E-state index in [0.717, 1.165) is 58.1 Å². The predicted molar refractivity (Wildman–Crippen MR) is 104 cm³/mol. The molecule has 1 aromatic carbocycles. The molecule has 1 aliphatic heterocycles.